The number of hydrogen-bond donors (Lipinski definition) is 0. The minimum atomic E-state index is -0.261. The Labute approximate surface area is 404 Å². The molecule has 1 aliphatic rings. The second kappa shape index (κ2) is 17.6. The van der Waals surface area contributed by atoms with Crippen molar-refractivity contribution in [2.24, 2.45) is 0 Å². The normalized spacial score (nSPS) is 13.1. The van der Waals surface area contributed by atoms with E-state index in [1.165, 1.54) is 27.8 Å². The van der Waals surface area contributed by atoms with E-state index >= 15 is 0 Å². The van der Waals surface area contributed by atoms with Crippen LogP contribution in [0.2, 0.25) is 0 Å². The minimum Gasteiger partial charge on any atom is -0.509 e. The van der Waals surface area contributed by atoms with Crippen molar-refractivity contribution in [3.63, 3.8) is 0 Å². The van der Waals surface area contributed by atoms with E-state index in [0.29, 0.717) is 11.5 Å². The maximum Gasteiger partial charge on any atom is 0.135 e. The van der Waals surface area contributed by atoms with Crippen molar-refractivity contribution >= 4 is 33.2 Å². The van der Waals surface area contributed by atoms with Gasteiger partial charge in [0, 0.05) is 60.8 Å². The number of nitrogens with zero attached hydrogens (tertiary/aromatic N) is 4. The van der Waals surface area contributed by atoms with Crippen molar-refractivity contribution in [1.82, 2.24) is 9.55 Å². The smallest absolute Gasteiger partial charge is 0.135 e. The third-order valence-electron chi connectivity index (χ3n) is 13.1. The second-order valence-electron chi connectivity index (χ2n) is 19.2. The maximum atomic E-state index is 6.85. The Morgan fingerprint density at radius 1 is 0.500 bits per heavy atom. The van der Waals surface area contributed by atoms with Gasteiger partial charge in [0.2, 0.25) is 0 Å². The van der Waals surface area contributed by atoms with Crippen LogP contribution in [-0.4, -0.2) is 9.55 Å². The van der Waals surface area contributed by atoms with Crippen molar-refractivity contribution in [3.05, 3.63) is 235 Å². The van der Waals surface area contributed by atoms with E-state index in [1.807, 2.05) is 18.3 Å². The summed E-state index contributed by atoms with van der Waals surface area (Å²) in [5.74, 6) is 2.00. The summed E-state index contributed by atoms with van der Waals surface area (Å²) in [5, 5.41) is 2.19. The molecule has 0 saturated carbocycles. The van der Waals surface area contributed by atoms with Crippen LogP contribution < -0.4 is 14.5 Å². The molecule has 332 valence electrons. The fourth-order valence-electron chi connectivity index (χ4n) is 9.00. The monoisotopic (exact) mass is 1040 g/mol. The van der Waals surface area contributed by atoms with Gasteiger partial charge in [-0.05, 0) is 86.9 Å². The van der Waals surface area contributed by atoms with Gasteiger partial charge in [-0.1, -0.05) is 169 Å². The molecule has 9 aromatic rings. The van der Waals surface area contributed by atoms with Crippen LogP contribution in [0.3, 0.4) is 0 Å². The molecule has 2 aromatic heterocycles. The van der Waals surface area contributed by atoms with Crippen LogP contribution in [0.25, 0.3) is 38.8 Å². The fraction of sp³-hybridized carbons (Fsp3) is 0.167. The van der Waals surface area contributed by atoms with E-state index in [1.54, 1.807) is 0 Å². The molecule has 0 spiro atoms. The zero-order valence-corrected chi connectivity index (χ0v) is 40.8. The molecule has 0 radical (unpaired) electrons. The third-order valence-corrected chi connectivity index (χ3v) is 13.1. The predicted molar refractivity (Wildman–Crippen MR) is 269 cm³/mol. The van der Waals surface area contributed by atoms with Gasteiger partial charge in [0.05, 0.1) is 0 Å². The quantitative estimate of drug-likeness (QED) is 0.128. The number of fused-ring (bicyclic) bond motifs is 3. The van der Waals surface area contributed by atoms with Gasteiger partial charge >= 0.3 is 0 Å². The Kier molecular flexibility index (Phi) is 11.9. The summed E-state index contributed by atoms with van der Waals surface area (Å²) in [6.07, 6.45) is 6.09. The van der Waals surface area contributed by atoms with E-state index in [9.17, 15) is 0 Å². The second-order valence-corrected chi connectivity index (χ2v) is 19.2. The standard InChI is InChI=1S/C60H53N4O.Pt/c1-58(2,3)46-24-17-25-49(36-46)62-32-33-63(41-62)50-34-43(42-18-11-8-12-19-42)35-52(39-50)65-51-27-29-54-53-28-26-47(59(4,5)44-20-13-9-14-21-44)37-55(53)64(56(54)40-51)57-38-48(30-31-61-57)60(6,7)45-22-15-10-16-23-45;/h8-38,41H,1-7H3;/q-3;. The molecule has 10 rings (SSSR count). The number of pyridine rings is 1. The van der Waals surface area contributed by atoms with Gasteiger partial charge in [-0.15, -0.1) is 53.6 Å². The molecule has 0 fully saturated rings. The fourth-order valence-corrected chi connectivity index (χ4v) is 9.00. The Bertz CT molecular complexity index is 3200. The van der Waals surface area contributed by atoms with Crippen molar-refractivity contribution in [3.8, 4) is 28.4 Å². The van der Waals surface area contributed by atoms with Crippen LogP contribution in [0.4, 0.5) is 11.4 Å². The van der Waals surface area contributed by atoms with Crippen LogP contribution >= 0.6 is 0 Å². The Hall–Kier alpha value is -6.68. The zero-order chi connectivity index (χ0) is 44.9. The van der Waals surface area contributed by atoms with E-state index in [0.717, 1.165) is 50.1 Å². The van der Waals surface area contributed by atoms with Crippen molar-refractivity contribution in [2.75, 3.05) is 9.80 Å². The third kappa shape index (κ3) is 8.49. The molecule has 0 bridgehead atoms. The SMILES string of the molecule is CC(C)(C)c1cccc(N2C=CN(c3[c-]c(Oc4[c-]c5c(cc4)c4ccc(C(C)(C)c6ccccc6)cc4n5-c4cc(C(C)(C)c5ccccc5)ccn4)cc(-c4ccccc4)c3)[CH-]2)c1.[Pt]. The Morgan fingerprint density at radius 2 is 1.12 bits per heavy atom. The summed E-state index contributed by atoms with van der Waals surface area (Å²) in [7, 11) is 0. The zero-order valence-electron chi connectivity index (χ0n) is 38.5. The molecule has 0 unspecified atom stereocenters. The van der Waals surface area contributed by atoms with Crippen LogP contribution in [0.5, 0.6) is 11.5 Å². The summed E-state index contributed by atoms with van der Waals surface area (Å²) in [6.45, 7) is 18.0. The molecule has 0 aliphatic carbocycles. The molecule has 0 amide bonds. The summed E-state index contributed by atoms with van der Waals surface area (Å²) in [5.41, 5.74) is 11.7. The summed E-state index contributed by atoms with van der Waals surface area (Å²) >= 11 is 0. The summed E-state index contributed by atoms with van der Waals surface area (Å²) in [4.78, 5) is 9.32. The number of hydrogen-bond acceptors (Lipinski definition) is 4. The van der Waals surface area contributed by atoms with Gasteiger partial charge in [0.25, 0.3) is 0 Å². The first-order valence-corrected chi connectivity index (χ1v) is 22.4. The van der Waals surface area contributed by atoms with E-state index in [2.05, 4.69) is 252 Å². The number of aromatic nitrogens is 2. The number of benzene rings is 7. The first-order chi connectivity index (χ1) is 31.3. The van der Waals surface area contributed by atoms with Crippen LogP contribution in [-0.2, 0) is 37.3 Å². The largest absolute Gasteiger partial charge is 0.509 e. The minimum absolute atomic E-state index is 0. The molecule has 3 heterocycles. The van der Waals surface area contributed by atoms with Crippen LogP contribution in [0, 0.1) is 18.8 Å². The summed E-state index contributed by atoms with van der Waals surface area (Å²) in [6, 6.07) is 67.5. The van der Waals surface area contributed by atoms with Crippen molar-refractivity contribution < 1.29 is 25.8 Å². The average molecular weight is 1040 g/mol. The van der Waals surface area contributed by atoms with E-state index < -0.39 is 0 Å². The van der Waals surface area contributed by atoms with Gasteiger partial charge in [-0.25, -0.2) is 4.98 Å². The number of ether oxygens (including phenoxy) is 1. The first-order valence-electron chi connectivity index (χ1n) is 22.4. The van der Waals surface area contributed by atoms with E-state index in [-0.39, 0.29) is 37.3 Å². The molecule has 0 N–H and O–H groups in total. The number of rotatable bonds is 10. The molecule has 7 aromatic carbocycles. The predicted octanol–water partition coefficient (Wildman–Crippen LogP) is 15.1. The molecule has 6 heteroatoms. The van der Waals surface area contributed by atoms with Crippen molar-refractivity contribution in [2.45, 2.75) is 64.7 Å². The Balaban J connectivity index is 0.00000548. The molecule has 0 saturated heterocycles. The molecular formula is C60H53N4OPt-3. The molecule has 66 heavy (non-hydrogen) atoms. The molecule has 5 nitrogen and oxygen atoms in total. The van der Waals surface area contributed by atoms with Crippen LogP contribution in [0.15, 0.2) is 188 Å². The molecule has 1 aliphatic heterocycles. The molecular weight excluding hydrogens is 988 g/mol. The molecule has 0 atom stereocenters. The topological polar surface area (TPSA) is 33.5 Å². The maximum absolute atomic E-state index is 6.85. The van der Waals surface area contributed by atoms with Gasteiger partial charge < -0.3 is 19.1 Å². The van der Waals surface area contributed by atoms with E-state index in [4.69, 9.17) is 9.72 Å². The average Bonchev–Trinajstić information content (AvgIpc) is 3.96. The van der Waals surface area contributed by atoms with Crippen molar-refractivity contribution in [1.29, 1.82) is 0 Å². The first kappa shape index (κ1) is 44.5. The van der Waals surface area contributed by atoms with Gasteiger partial charge in [-0.2, -0.15) is 6.07 Å². The Morgan fingerprint density at radius 3 is 1.80 bits per heavy atom. The van der Waals surface area contributed by atoms with Gasteiger partial charge in [0.1, 0.15) is 5.82 Å². The van der Waals surface area contributed by atoms with Crippen LogP contribution in [0.1, 0.15) is 76.3 Å². The summed E-state index contributed by atoms with van der Waals surface area (Å²) < 4.78 is 9.11. The van der Waals surface area contributed by atoms with Gasteiger partial charge in [0.15, 0.2) is 0 Å². The number of anilines is 2. The van der Waals surface area contributed by atoms with Gasteiger partial charge in [-0.3, -0.25) is 0 Å².